The van der Waals surface area contributed by atoms with Gasteiger partial charge in [0.1, 0.15) is 0 Å². The average molecular weight is 296 g/mol. The van der Waals surface area contributed by atoms with E-state index < -0.39 is 34.7 Å². The molecule has 0 aromatic heterocycles. The third-order valence-electron chi connectivity index (χ3n) is 2.83. The van der Waals surface area contributed by atoms with Crippen molar-refractivity contribution in [2.24, 2.45) is 0 Å². The van der Waals surface area contributed by atoms with Crippen molar-refractivity contribution in [1.29, 1.82) is 0 Å². The van der Waals surface area contributed by atoms with Crippen LogP contribution in [0.15, 0.2) is 43.0 Å². The van der Waals surface area contributed by atoms with Gasteiger partial charge in [-0.3, -0.25) is 0 Å². The van der Waals surface area contributed by atoms with Crippen LogP contribution >= 0.6 is 0 Å². The van der Waals surface area contributed by atoms with Gasteiger partial charge in [-0.05, 0) is 17.7 Å². The van der Waals surface area contributed by atoms with Crippen LogP contribution < -0.4 is 0 Å². The molecule has 0 bridgehead atoms. The van der Waals surface area contributed by atoms with Gasteiger partial charge in [-0.25, -0.2) is 22.0 Å². The maximum absolute atomic E-state index is 14.0. The van der Waals surface area contributed by atoms with Crippen LogP contribution in [-0.2, 0) is 0 Å². The van der Waals surface area contributed by atoms with Crippen LogP contribution in [0.2, 0.25) is 0 Å². The summed E-state index contributed by atoms with van der Waals surface area (Å²) in [4.78, 5) is 0. The molecule has 0 heterocycles. The van der Waals surface area contributed by atoms with Gasteiger partial charge < -0.3 is 0 Å². The van der Waals surface area contributed by atoms with Crippen LogP contribution in [0.4, 0.5) is 22.0 Å². The van der Waals surface area contributed by atoms with Gasteiger partial charge in [-0.1, -0.05) is 36.9 Å². The molecule has 2 aromatic rings. The lowest BCUT2D eigenvalue weighted by Gasteiger charge is -2.04. The summed E-state index contributed by atoms with van der Waals surface area (Å²) in [6.07, 6.45) is 1.52. The van der Waals surface area contributed by atoms with Gasteiger partial charge in [0.05, 0.1) is 0 Å². The summed E-state index contributed by atoms with van der Waals surface area (Å²) in [5.41, 5.74) is -0.120. The Hall–Kier alpha value is -2.43. The molecule has 0 aliphatic carbocycles. The highest BCUT2D eigenvalue weighted by Crippen LogP contribution is 2.30. The maximum atomic E-state index is 14.0. The second-order valence-electron chi connectivity index (χ2n) is 4.21. The van der Waals surface area contributed by atoms with E-state index in [1.807, 2.05) is 0 Å². The van der Waals surface area contributed by atoms with Gasteiger partial charge in [0.15, 0.2) is 29.1 Å². The van der Waals surface area contributed by atoms with E-state index in [2.05, 4.69) is 6.58 Å². The lowest BCUT2D eigenvalue weighted by atomic mass is 10.1. The van der Waals surface area contributed by atoms with Crippen molar-refractivity contribution in [1.82, 2.24) is 0 Å². The molecule has 0 nitrogen and oxygen atoms in total. The Balaban J connectivity index is 2.48. The van der Waals surface area contributed by atoms with Crippen molar-refractivity contribution in [2.45, 2.75) is 0 Å². The van der Waals surface area contributed by atoms with Gasteiger partial charge in [-0.2, -0.15) is 0 Å². The SMILES string of the molecule is C=Cc1ccc(C(F)=C(F)c2cc(F)c(F)c(F)c2)cc1. The summed E-state index contributed by atoms with van der Waals surface area (Å²) < 4.78 is 66.7. The molecule has 0 amide bonds. The van der Waals surface area contributed by atoms with Crippen molar-refractivity contribution in [3.05, 3.63) is 77.1 Å². The first-order valence-corrected chi connectivity index (χ1v) is 5.87. The molecule has 0 fully saturated rings. The summed E-state index contributed by atoms with van der Waals surface area (Å²) in [5, 5.41) is 0. The van der Waals surface area contributed by atoms with Crippen molar-refractivity contribution in [3.8, 4) is 0 Å². The smallest absolute Gasteiger partial charge is 0.194 e. The van der Waals surface area contributed by atoms with Crippen LogP contribution in [0.1, 0.15) is 16.7 Å². The zero-order chi connectivity index (χ0) is 15.6. The first-order chi connectivity index (χ1) is 9.93. The van der Waals surface area contributed by atoms with E-state index in [9.17, 15) is 22.0 Å². The Kier molecular flexibility index (Phi) is 4.21. The minimum atomic E-state index is -1.73. The van der Waals surface area contributed by atoms with E-state index in [0.717, 1.165) is 0 Å². The minimum Gasteiger partial charge on any atom is -0.204 e. The summed E-state index contributed by atoms with van der Waals surface area (Å²) in [5.74, 6) is -7.68. The van der Waals surface area contributed by atoms with Crippen LogP contribution in [0.25, 0.3) is 17.7 Å². The minimum absolute atomic E-state index is 0.108. The molecule has 0 saturated carbocycles. The molecule has 2 rings (SSSR count). The highest BCUT2D eigenvalue weighted by molar-refractivity contribution is 5.83. The monoisotopic (exact) mass is 296 g/mol. The van der Waals surface area contributed by atoms with Crippen molar-refractivity contribution in [3.63, 3.8) is 0 Å². The summed E-state index contributed by atoms with van der Waals surface area (Å²) >= 11 is 0. The van der Waals surface area contributed by atoms with Gasteiger partial charge in [0.25, 0.3) is 0 Å². The van der Waals surface area contributed by atoms with Crippen LogP contribution in [0.3, 0.4) is 0 Å². The standard InChI is InChI=1S/C16H9F5/c1-2-9-3-5-10(6-4-9)14(19)15(20)11-7-12(17)16(21)13(18)8-11/h2-8H,1H2. The zero-order valence-corrected chi connectivity index (χ0v) is 10.6. The summed E-state index contributed by atoms with van der Waals surface area (Å²) in [7, 11) is 0. The maximum Gasteiger partial charge on any atom is 0.194 e. The normalized spacial score (nSPS) is 12.0. The van der Waals surface area contributed by atoms with Gasteiger partial charge in [0.2, 0.25) is 0 Å². The van der Waals surface area contributed by atoms with E-state index >= 15 is 0 Å². The lowest BCUT2D eigenvalue weighted by Crippen LogP contribution is -1.94. The number of benzene rings is 2. The quantitative estimate of drug-likeness (QED) is 0.398. The average Bonchev–Trinajstić information content (AvgIpc) is 2.50. The molecule has 0 spiro atoms. The molecule has 108 valence electrons. The van der Waals surface area contributed by atoms with Crippen molar-refractivity contribution >= 4 is 17.7 Å². The molecule has 0 aliphatic heterocycles. The second-order valence-corrected chi connectivity index (χ2v) is 4.21. The Bertz CT molecular complexity index is 691. The number of rotatable bonds is 3. The first-order valence-electron chi connectivity index (χ1n) is 5.87. The van der Waals surface area contributed by atoms with E-state index in [1.165, 1.54) is 30.3 Å². The fraction of sp³-hybridized carbons (Fsp3) is 0. The molecule has 0 radical (unpaired) electrons. The number of hydrogen-bond donors (Lipinski definition) is 0. The molecule has 0 atom stereocenters. The van der Waals surface area contributed by atoms with Gasteiger partial charge in [-0.15, -0.1) is 0 Å². The Morgan fingerprint density at radius 2 is 1.29 bits per heavy atom. The largest absolute Gasteiger partial charge is 0.204 e. The molecular formula is C16H9F5. The topological polar surface area (TPSA) is 0 Å². The predicted molar refractivity (Wildman–Crippen MR) is 71.9 cm³/mol. The molecule has 0 saturated heterocycles. The third kappa shape index (κ3) is 3.02. The van der Waals surface area contributed by atoms with Crippen molar-refractivity contribution < 1.29 is 22.0 Å². The molecule has 0 aliphatic rings. The van der Waals surface area contributed by atoms with Gasteiger partial charge >= 0.3 is 0 Å². The zero-order valence-electron chi connectivity index (χ0n) is 10.6. The molecule has 21 heavy (non-hydrogen) atoms. The molecule has 5 heteroatoms. The first kappa shape index (κ1) is 15.0. The number of hydrogen-bond acceptors (Lipinski definition) is 0. The van der Waals surface area contributed by atoms with Gasteiger partial charge in [0, 0.05) is 11.1 Å². The molecule has 0 N–H and O–H groups in total. The van der Waals surface area contributed by atoms with Crippen LogP contribution in [-0.4, -0.2) is 0 Å². The molecule has 2 aromatic carbocycles. The van der Waals surface area contributed by atoms with E-state index in [0.29, 0.717) is 17.7 Å². The van der Waals surface area contributed by atoms with E-state index in [-0.39, 0.29) is 5.56 Å². The lowest BCUT2D eigenvalue weighted by molar-refractivity contribution is 0.446. The van der Waals surface area contributed by atoms with Crippen LogP contribution in [0, 0.1) is 17.5 Å². The Morgan fingerprint density at radius 1 is 0.810 bits per heavy atom. The number of halogens is 5. The third-order valence-corrected chi connectivity index (χ3v) is 2.83. The van der Waals surface area contributed by atoms with Crippen LogP contribution in [0.5, 0.6) is 0 Å². The van der Waals surface area contributed by atoms with Crippen molar-refractivity contribution in [2.75, 3.05) is 0 Å². The highest BCUT2D eigenvalue weighted by Gasteiger charge is 2.17. The second kappa shape index (κ2) is 5.91. The highest BCUT2D eigenvalue weighted by atomic mass is 19.2. The fourth-order valence-corrected chi connectivity index (χ4v) is 1.70. The van der Waals surface area contributed by atoms with E-state index in [4.69, 9.17) is 0 Å². The molecule has 0 unspecified atom stereocenters. The van der Waals surface area contributed by atoms with E-state index in [1.54, 1.807) is 0 Å². The Morgan fingerprint density at radius 3 is 1.76 bits per heavy atom. The fourth-order valence-electron chi connectivity index (χ4n) is 1.70. The summed E-state index contributed by atoms with van der Waals surface area (Å²) in [6, 6.07) is 6.38. The Labute approximate surface area is 117 Å². The summed E-state index contributed by atoms with van der Waals surface area (Å²) in [6.45, 7) is 3.52. The molecular weight excluding hydrogens is 287 g/mol. The predicted octanol–water partition coefficient (Wildman–Crippen LogP) is 5.51.